The number of nitrogens with zero attached hydrogens (tertiary/aromatic N) is 1. The number of anilines is 1. The zero-order valence-electron chi connectivity index (χ0n) is 8.40. The smallest absolute Gasteiger partial charge is 0.0811 e. The monoisotopic (exact) mass is 227 g/mol. The van der Waals surface area contributed by atoms with Crippen LogP contribution in [0.25, 0.3) is 20.8 Å². The molecule has 0 radical (unpaired) electrons. The summed E-state index contributed by atoms with van der Waals surface area (Å²) in [6.45, 7) is 0. The summed E-state index contributed by atoms with van der Waals surface area (Å²) in [4.78, 5) is 5.55. The molecule has 1 aromatic rings. The molecule has 3 rings (SSSR count). The summed E-state index contributed by atoms with van der Waals surface area (Å²) in [5.41, 5.74) is 8.36. The van der Waals surface area contributed by atoms with E-state index in [2.05, 4.69) is 4.98 Å². The van der Waals surface area contributed by atoms with E-state index in [4.69, 9.17) is 11.1 Å². The van der Waals surface area contributed by atoms with Crippen LogP contribution in [0.1, 0.15) is 0 Å². The fraction of sp³-hybridized carbons (Fsp3) is 0. The van der Waals surface area contributed by atoms with Crippen molar-refractivity contribution in [2.75, 3.05) is 5.73 Å². The van der Waals surface area contributed by atoms with Gasteiger partial charge in [0, 0.05) is 5.69 Å². The van der Waals surface area contributed by atoms with E-state index in [0.717, 1.165) is 26.5 Å². The van der Waals surface area contributed by atoms with Gasteiger partial charge in [0.25, 0.3) is 0 Å². The Morgan fingerprint density at radius 3 is 2.88 bits per heavy atom. The maximum absolute atomic E-state index is 7.58. The highest BCUT2D eigenvalue weighted by atomic mass is 32.1. The van der Waals surface area contributed by atoms with E-state index < -0.39 is 0 Å². The van der Waals surface area contributed by atoms with Crippen LogP contribution in [0.5, 0.6) is 0 Å². The predicted molar refractivity (Wildman–Crippen MR) is 66.5 cm³/mol. The summed E-state index contributed by atoms with van der Waals surface area (Å²) in [6.07, 6.45) is 0. The number of nitrogens with two attached hydrogens (primary N) is 1. The summed E-state index contributed by atoms with van der Waals surface area (Å²) in [7, 11) is 0. The normalized spacial score (nSPS) is 11.0. The number of hydrogen-bond donors (Lipinski definition) is 2. The largest absolute Gasteiger partial charge is 0.399 e. The minimum Gasteiger partial charge on any atom is -0.399 e. The first-order valence-corrected chi connectivity index (χ1v) is 5.69. The molecule has 0 amide bonds. The third kappa shape index (κ3) is 1.44. The summed E-state index contributed by atoms with van der Waals surface area (Å²) in [5, 5.41) is 8.09. The molecule has 0 unspecified atom stereocenters. The van der Waals surface area contributed by atoms with Crippen molar-refractivity contribution in [3.05, 3.63) is 41.8 Å². The average Bonchev–Trinajstić information content (AvgIpc) is 2.26. The van der Waals surface area contributed by atoms with Crippen LogP contribution >= 0.6 is 11.3 Å². The third-order valence-electron chi connectivity index (χ3n) is 2.40. The second-order valence-electron chi connectivity index (χ2n) is 3.62. The van der Waals surface area contributed by atoms with Gasteiger partial charge in [-0.15, -0.1) is 11.3 Å². The van der Waals surface area contributed by atoms with Gasteiger partial charge in [-0.05, 0) is 36.4 Å². The standard InChI is InChI=1S/C12H9N3S/c13-7-1-3-9-11(5-7)16-12-6-8(14)2-4-10(12)15-9/h1-6,13H,14H2. The molecule has 0 saturated heterocycles. The van der Waals surface area contributed by atoms with Crippen LogP contribution in [-0.2, 0) is 0 Å². The van der Waals surface area contributed by atoms with Crippen molar-refractivity contribution >= 4 is 27.2 Å². The Hall–Kier alpha value is -1.94. The van der Waals surface area contributed by atoms with E-state index in [1.54, 1.807) is 17.4 Å². The molecule has 78 valence electrons. The van der Waals surface area contributed by atoms with Gasteiger partial charge in [-0.3, -0.25) is 0 Å². The second-order valence-corrected chi connectivity index (χ2v) is 4.71. The van der Waals surface area contributed by atoms with Crippen molar-refractivity contribution in [2.24, 2.45) is 0 Å². The van der Waals surface area contributed by atoms with E-state index in [1.807, 2.05) is 30.3 Å². The third-order valence-corrected chi connectivity index (χ3v) is 3.50. The molecule has 1 aliphatic heterocycles. The Bertz CT molecular complexity index is 702. The van der Waals surface area contributed by atoms with Crippen molar-refractivity contribution in [1.29, 1.82) is 5.41 Å². The van der Waals surface area contributed by atoms with Gasteiger partial charge >= 0.3 is 0 Å². The van der Waals surface area contributed by atoms with Crippen LogP contribution in [0, 0.1) is 5.41 Å². The number of nitrogen functional groups attached to an aromatic ring is 1. The van der Waals surface area contributed by atoms with Crippen LogP contribution in [0.15, 0.2) is 36.4 Å². The zero-order chi connectivity index (χ0) is 11.1. The molecule has 4 heteroatoms. The number of nitrogens with one attached hydrogen (secondary N) is 1. The SMILES string of the molecule is N=c1ccc2nc3ccc(N)cc3sc-2c1. The minimum atomic E-state index is 0.508. The molecular weight excluding hydrogens is 218 g/mol. The molecule has 1 aliphatic carbocycles. The highest BCUT2D eigenvalue weighted by molar-refractivity contribution is 7.21. The van der Waals surface area contributed by atoms with E-state index in [0.29, 0.717) is 5.36 Å². The van der Waals surface area contributed by atoms with Gasteiger partial charge < -0.3 is 11.1 Å². The number of aromatic nitrogens is 1. The lowest BCUT2D eigenvalue weighted by Gasteiger charge is -2.05. The molecule has 0 spiro atoms. The number of rotatable bonds is 0. The van der Waals surface area contributed by atoms with Gasteiger partial charge in [0.1, 0.15) is 0 Å². The van der Waals surface area contributed by atoms with Gasteiger partial charge in [-0.1, -0.05) is 0 Å². The Morgan fingerprint density at radius 1 is 1.12 bits per heavy atom. The molecule has 0 aromatic heterocycles. The van der Waals surface area contributed by atoms with Gasteiger partial charge in [0.2, 0.25) is 0 Å². The van der Waals surface area contributed by atoms with Gasteiger partial charge in [0.15, 0.2) is 0 Å². The minimum absolute atomic E-state index is 0.508. The molecule has 1 heterocycles. The lowest BCUT2D eigenvalue weighted by Crippen LogP contribution is -1.98. The number of hydrogen-bond acceptors (Lipinski definition) is 4. The van der Waals surface area contributed by atoms with Crippen LogP contribution < -0.4 is 11.1 Å². The maximum Gasteiger partial charge on any atom is 0.0811 e. The molecule has 16 heavy (non-hydrogen) atoms. The topological polar surface area (TPSA) is 62.8 Å². The first-order chi connectivity index (χ1) is 7.72. The summed E-state index contributed by atoms with van der Waals surface area (Å²) in [6, 6.07) is 11.2. The Morgan fingerprint density at radius 2 is 2.00 bits per heavy atom. The van der Waals surface area contributed by atoms with Crippen molar-refractivity contribution in [2.45, 2.75) is 0 Å². The summed E-state index contributed by atoms with van der Waals surface area (Å²) >= 11 is 1.62. The fourth-order valence-corrected chi connectivity index (χ4v) is 2.70. The summed E-state index contributed by atoms with van der Waals surface area (Å²) in [5.74, 6) is 0. The van der Waals surface area contributed by atoms with Crippen LogP contribution in [0.3, 0.4) is 0 Å². The van der Waals surface area contributed by atoms with Crippen LogP contribution in [0.2, 0.25) is 0 Å². The first kappa shape index (κ1) is 9.30. The number of fused-ring (bicyclic) bond motifs is 2. The lowest BCUT2D eigenvalue weighted by molar-refractivity contribution is 1.27. The van der Waals surface area contributed by atoms with E-state index in [9.17, 15) is 0 Å². The van der Waals surface area contributed by atoms with Gasteiger partial charge in [0.05, 0.1) is 26.1 Å². The Kier molecular flexibility index (Phi) is 1.91. The molecule has 0 bridgehead atoms. The van der Waals surface area contributed by atoms with E-state index in [1.165, 1.54) is 0 Å². The second kappa shape index (κ2) is 3.28. The first-order valence-electron chi connectivity index (χ1n) is 4.87. The van der Waals surface area contributed by atoms with Crippen molar-refractivity contribution in [1.82, 2.24) is 4.98 Å². The van der Waals surface area contributed by atoms with Crippen LogP contribution in [0.4, 0.5) is 5.69 Å². The highest BCUT2D eigenvalue weighted by Crippen LogP contribution is 2.30. The Labute approximate surface area is 96.0 Å². The van der Waals surface area contributed by atoms with Crippen molar-refractivity contribution in [3.63, 3.8) is 0 Å². The van der Waals surface area contributed by atoms with Crippen LogP contribution in [-0.4, -0.2) is 4.98 Å². The van der Waals surface area contributed by atoms with Crippen molar-refractivity contribution in [3.8, 4) is 10.6 Å². The number of benzene rings is 2. The van der Waals surface area contributed by atoms with Gasteiger partial charge in [-0.2, -0.15) is 0 Å². The lowest BCUT2D eigenvalue weighted by atomic mass is 10.2. The maximum atomic E-state index is 7.58. The zero-order valence-corrected chi connectivity index (χ0v) is 9.21. The molecule has 3 N–H and O–H groups in total. The van der Waals surface area contributed by atoms with E-state index in [-0.39, 0.29) is 0 Å². The predicted octanol–water partition coefficient (Wildman–Crippen LogP) is 2.46. The molecule has 2 aliphatic rings. The highest BCUT2D eigenvalue weighted by Gasteiger charge is 2.06. The van der Waals surface area contributed by atoms with Gasteiger partial charge in [-0.25, -0.2) is 4.98 Å². The molecule has 0 saturated carbocycles. The molecular formula is C12H9N3S. The molecule has 0 fully saturated rings. The van der Waals surface area contributed by atoms with Crippen molar-refractivity contribution < 1.29 is 0 Å². The Balaban J connectivity index is 2.46. The molecule has 1 aromatic carbocycles. The van der Waals surface area contributed by atoms with E-state index >= 15 is 0 Å². The molecule has 3 nitrogen and oxygen atoms in total. The summed E-state index contributed by atoms with van der Waals surface area (Å²) < 4.78 is 1.05. The quantitative estimate of drug-likeness (QED) is 0.457. The average molecular weight is 227 g/mol. The molecule has 0 atom stereocenters. The fourth-order valence-electron chi connectivity index (χ4n) is 1.64.